The Hall–Kier alpha value is -1.33. The molecule has 1 heterocycles. The minimum absolute atomic E-state index is 0.0171. The van der Waals surface area contributed by atoms with Gasteiger partial charge in [0, 0.05) is 19.7 Å². The van der Waals surface area contributed by atoms with Crippen LogP contribution in [0.15, 0.2) is 18.2 Å². The van der Waals surface area contributed by atoms with Crippen LogP contribution < -0.4 is 9.47 Å². The molecule has 1 aromatic carbocycles. The molecule has 0 N–H and O–H groups in total. The average molecular weight is 339 g/mol. The van der Waals surface area contributed by atoms with Gasteiger partial charge in [-0.25, -0.2) is 4.39 Å². The van der Waals surface area contributed by atoms with Gasteiger partial charge in [-0.1, -0.05) is 13.0 Å². The van der Waals surface area contributed by atoms with Crippen molar-refractivity contribution in [3.8, 4) is 11.5 Å². The number of piperidine rings is 1. The summed E-state index contributed by atoms with van der Waals surface area (Å²) in [6.07, 6.45) is 1.30. The minimum atomic E-state index is -0.673. The molecule has 2 atom stereocenters. The zero-order valence-electron chi connectivity index (χ0n) is 15.3. The summed E-state index contributed by atoms with van der Waals surface area (Å²) in [5.74, 6) is 1.43. The highest BCUT2D eigenvalue weighted by atomic mass is 19.1. The van der Waals surface area contributed by atoms with E-state index in [0.717, 1.165) is 30.8 Å². The molecule has 1 aliphatic rings. The van der Waals surface area contributed by atoms with E-state index in [-0.39, 0.29) is 12.3 Å². The third kappa shape index (κ3) is 4.84. The number of benzene rings is 1. The highest BCUT2D eigenvalue weighted by molar-refractivity contribution is 5.43. The first-order valence-corrected chi connectivity index (χ1v) is 8.93. The fourth-order valence-electron chi connectivity index (χ4n) is 3.10. The van der Waals surface area contributed by atoms with Crippen LogP contribution in [-0.4, -0.2) is 44.1 Å². The number of nitrogens with zero attached hydrogens (tertiary/aromatic N) is 1. The molecule has 0 radical (unpaired) electrons. The number of hydrogen-bond acceptors (Lipinski definition) is 4. The summed E-state index contributed by atoms with van der Waals surface area (Å²) in [5.41, 5.74) is 1.06. The standard InChI is InChI=1S/C19H30FNO3/c1-5-19(21-11-9-16(20)10-12-21)24-17-8-7-15(13-18(17)22-4)14(3)23-6-2/h7-8,13-14,16,19H,5-6,9-12H2,1-4H3. The second-order valence-electron chi connectivity index (χ2n) is 6.20. The Balaban J connectivity index is 2.09. The van der Waals surface area contributed by atoms with Crippen LogP contribution in [0.25, 0.3) is 0 Å². The number of halogens is 1. The molecule has 0 amide bonds. The van der Waals surface area contributed by atoms with Gasteiger partial charge in [0.1, 0.15) is 6.17 Å². The monoisotopic (exact) mass is 339 g/mol. The van der Waals surface area contributed by atoms with E-state index >= 15 is 0 Å². The lowest BCUT2D eigenvalue weighted by atomic mass is 10.1. The second kappa shape index (κ2) is 9.23. The molecule has 4 nitrogen and oxygen atoms in total. The Bertz CT molecular complexity index is 503. The predicted octanol–water partition coefficient (Wildman–Crippen LogP) is 4.34. The van der Waals surface area contributed by atoms with E-state index in [1.165, 1.54) is 0 Å². The molecule has 0 bridgehead atoms. The molecule has 1 fully saturated rings. The maximum Gasteiger partial charge on any atom is 0.163 e. The third-order valence-electron chi connectivity index (χ3n) is 4.55. The highest BCUT2D eigenvalue weighted by Gasteiger charge is 2.26. The van der Waals surface area contributed by atoms with Crippen LogP contribution in [0, 0.1) is 0 Å². The van der Waals surface area contributed by atoms with Crippen molar-refractivity contribution < 1.29 is 18.6 Å². The number of methoxy groups -OCH3 is 1. The van der Waals surface area contributed by atoms with Crippen LogP contribution in [-0.2, 0) is 4.74 Å². The lowest BCUT2D eigenvalue weighted by molar-refractivity contribution is -0.00585. The van der Waals surface area contributed by atoms with E-state index in [0.29, 0.717) is 25.2 Å². The summed E-state index contributed by atoms with van der Waals surface area (Å²) in [4.78, 5) is 2.21. The van der Waals surface area contributed by atoms with Crippen molar-refractivity contribution in [1.29, 1.82) is 0 Å². The summed E-state index contributed by atoms with van der Waals surface area (Å²) in [7, 11) is 1.65. The van der Waals surface area contributed by atoms with Gasteiger partial charge in [-0.3, -0.25) is 4.90 Å². The van der Waals surface area contributed by atoms with Crippen molar-refractivity contribution in [1.82, 2.24) is 4.90 Å². The third-order valence-corrected chi connectivity index (χ3v) is 4.55. The molecule has 1 saturated heterocycles. The Morgan fingerprint density at radius 2 is 1.92 bits per heavy atom. The molecule has 5 heteroatoms. The van der Waals surface area contributed by atoms with Crippen molar-refractivity contribution in [2.75, 3.05) is 26.8 Å². The lowest BCUT2D eigenvalue weighted by Gasteiger charge is -2.35. The van der Waals surface area contributed by atoms with Crippen LogP contribution in [0.3, 0.4) is 0 Å². The first kappa shape index (κ1) is 19.0. The second-order valence-corrected chi connectivity index (χ2v) is 6.20. The van der Waals surface area contributed by atoms with Crippen LogP contribution in [0.2, 0.25) is 0 Å². The normalized spacial score (nSPS) is 19.0. The Labute approximate surface area is 144 Å². The molecule has 2 rings (SSSR count). The maximum atomic E-state index is 13.4. The van der Waals surface area contributed by atoms with E-state index < -0.39 is 6.17 Å². The van der Waals surface area contributed by atoms with E-state index in [9.17, 15) is 4.39 Å². The zero-order valence-corrected chi connectivity index (χ0v) is 15.3. The number of ether oxygens (including phenoxy) is 3. The SMILES string of the molecule is CCOC(C)c1ccc(OC(CC)N2CCC(F)CC2)c(OC)c1. The molecule has 1 aliphatic heterocycles. The molecule has 136 valence electrons. The number of rotatable bonds is 8. The van der Waals surface area contributed by atoms with Crippen LogP contribution >= 0.6 is 0 Å². The zero-order chi connectivity index (χ0) is 17.5. The fourth-order valence-corrected chi connectivity index (χ4v) is 3.10. The van der Waals surface area contributed by atoms with Gasteiger partial charge < -0.3 is 14.2 Å². The number of alkyl halides is 1. The molecule has 0 spiro atoms. The summed E-state index contributed by atoms with van der Waals surface area (Å²) in [6, 6.07) is 5.92. The van der Waals surface area contributed by atoms with Gasteiger partial charge in [0.2, 0.25) is 0 Å². The number of hydrogen-bond donors (Lipinski definition) is 0. The molecule has 0 saturated carbocycles. The van der Waals surface area contributed by atoms with Gasteiger partial charge in [0.15, 0.2) is 17.7 Å². The van der Waals surface area contributed by atoms with E-state index in [1.54, 1.807) is 7.11 Å². The van der Waals surface area contributed by atoms with Gasteiger partial charge in [0.05, 0.1) is 13.2 Å². The van der Waals surface area contributed by atoms with E-state index in [2.05, 4.69) is 11.8 Å². The van der Waals surface area contributed by atoms with Gasteiger partial charge in [-0.15, -0.1) is 0 Å². The summed E-state index contributed by atoms with van der Waals surface area (Å²) < 4.78 is 30.7. The topological polar surface area (TPSA) is 30.9 Å². The fraction of sp³-hybridized carbons (Fsp3) is 0.684. The Morgan fingerprint density at radius 1 is 1.21 bits per heavy atom. The van der Waals surface area contributed by atoms with Crippen molar-refractivity contribution >= 4 is 0 Å². The van der Waals surface area contributed by atoms with Crippen molar-refractivity contribution in [3.63, 3.8) is 0 Å². The minimum Gasteiger partial charge on any atom is -0.493 e. The van der Waals surface area contributed by atoms with Crippen molar-refractivity contribution in [2.24, 2.45) is 0 Å². The lowest BCUT2D eigenvalue weighted by Crippen LogP contribution is -2.44. The Kier molecular flexibility index (Phi) is 7.31. The van der Waals surface area contributed by atoms with Gasteiger partial charge in [-0.2, -0.15) is 0 Å². The first-order chi connectivity index (χ1) is 11.6. The first-order valence-electron chi connectivity index (χ1n) is 8.93. The van der Waals surface area contributed by atoms with E-state index in [4.69, 9.17) is 14.2 Å². The molecular formula is C19H30FNO3. The van der Waals surface area contributed by atoms with Gasteiger partial charge >= 0.3 is 0 Å². The molecule has 0 aliphatic carbocycles. The smallest absolute Gasteiger partial charge is 0.163 e. The largest absolute Gasteiger partial charge is 0.493 e. The van der Waals surface area contributed by atoms with Gasteiger partial charge in [-0.05, 0) is 50.8 Å². The molecule has 1 aromatic rings. The van der Waals surface area contributed by atoms with Crippen molar-refractivity contribution in [2.45, 2.75) is 58.5 Å². The maximum absolute atomic E-state index is 13.4. The molecule has 24 heavy (non-hydrogen) atoms. The summed E-state index contributed by atoms with van der Waals surface area (Å²) in [6.45, 7) is 8.24. The summed E-state index contributed by atoms with van der Waals surface area (Å²) >= 11 is 0. The predicted molar refractivity (Wildman–Crippen MR) is 93.4 cm³/mol. The van der Waals surface area contributed by atoms with Gasteiger partial charge in [0.25, 0.3) is 0 Å². The van der Waals surface area contributed by atoms with Crippen LogP contribution in [0.5, 0.6) is 11.5 Å². The molecular weight excluding hydrogens is 309 g/mol. The van der Waals surface area contributed by atoms with Crippen LogP contribution in [0.1, 0.15) is 51.7 Å². The summed E-state index contributed by atoms with van der Waals surface area (Å²) in [5, 5.41) is 0. The average Bonchev–Trinajstić information content (AvgIpc) is 2.60. The quantitative estimate of drug-likeness (QED) is 0.705. The van der Waals surface area contributed by atoms with E-state index in [1.807, 2.05) is 32.0 Å². The van der Waals surface area contributed by atoms with Crippen molar-refractivity contribution in [3.05, 3.63) is 23.8 Å². The molecule has 2 unspecified atom stereocenters. The highest BCUT2D eigenvalue weighted by Crippen LogP contribution is 2.33. The Morgan fingerprint density at radius 3 is 2.50 bits per heavy atom. The molecule has 0 aromatic heterocycles. The van der Waals surface area contributed by atoms with Crippen LogP contribution in [0.4, 0.5) is 4.39 Å². The number of likely N-dealkylation sites (tertiary alicyclic amines) is 1.